The lowest BCUT2D eigenvalue weighted by atomic mass is 9.85. The van der Waals surface area contributed by atoms with E-state index in [2.05, 4.69) is 15.5 Å². The third kappa shape index (κ3) is 2.59. The molecule has 16 heavy (non-hydrogen) atoms. The number of nitrogens with one attached hydrogen (secondary N) is 1. The molecule has 90 valence electrons. The van der Waals surface area contributed by atoms with Crippen LogP contribution in [0.2, 0.25) is 0 Å². The van der Waals surface area contributed by atoms with Crippen molar-refractivity contribution < 1.29 is 5.11 Å². The zero-order valence-corrected chi connectivity index (χ0v) is 9.76. The lowest BCUT2D eigenvalue weighted by molar-refractivity contribution is 0.151. The van der Waals surface area contributed by atoms with Crippen LogP contribution in [0, 0.1) is 5.92 Å². The fraction of sp³-hybridized carbons (Fsp3) is 0.818. The molecule has 2 atom stereocenters. The van der Waals surface area contributed by atoms with Gasteiger partial charge in [-0.05, 0) is 18.8 Å². The quantitative estimate of drug-likeness (QED) is 0.779. The third-order valence-corrected chi connectivity index (χ3v) is 3.47. The topological polar surface area (TPSA) is 63.0 Å². The average molecular weight is 224 g/mol. The zero-order chi connectivity index (χ0) is 11.4. The molecule has 2 N–H and O–H groups in total. The fourth-order valence-electron chi connectivity index (χ4n) is 2.38. The number of rotatable bonds is 4. The maximum Gasteiger partial charge on any atom is 0.146 e. The summed E-state index contributed by atoms with van der Waals surface area (Å²) in [6.45, 7) is 1.02. The fourth-order valence-corrected chi connectivity index (χ4v) is 2.38. The van der Waals surface area contributed by atoms with Crippen LogP contribution in [0.4, 0.5) is 0 Å². The molecule has 1 aliphatic rings. The van der Waals surface area contributed by atoms with E-state index >= 15 is 0 Å². The minimum atomic E-state index is 0.288. The Labute approximate surface area is 95.9 Å². The van der Waals surface area contributed by atoms with E-state index in [1.165, 1.54) is 12.8 Å². The van der Waals surface area contributed by atoms with Crippen molar-refractivity contribution in [3.63, 3.8) is 0 Å². The summed E-state index contributed by atoms with van der Waals surface area (Å²) in [5, 5.41) is 20.7. The van der Waals surface area contributed by atoms with Crippen molar-refractivity contribution >= 4 is 0 Å². The second kappa shape index (κ2) is 5.41. The summed E-state index contributed by atoms with van der Waals surface area (Å²) in [7, 11) is 1.95. The largest absolute Gasteiger partial charge is 0.396 e. The average Bonchev–Trinajstić information content (AvgIpc) is 2.72. The lowest BCUT2D eigenvalue weighted by Crippen LogP contribution is -2.40. The molecule has 5 heteroatoms. The first-order chi connectivity index (χ1) is 7.81. The molecule has 0 spiro atoms. The molecule has 2 unspecified atom stereocenters. The van der Waals surface area contributed by atoms with Crippen molar-refractivity contribution in [2.45, 2.75) is 38.3 Å². The first-order valence-electron chi connectivity index (χ1n) is 5.98. The van der Waals surface area contributed by atoms with E-state index in [9.17, 15) is 5.11 Å². The Morgan fingerprint density at radius 2 is 2.31 bits per heavy atom. The van der Waals surface area contributed by atoms with Gasteiger partial charge in [0.05, 0.1) is 6.54 Å². The Kier molecular flexibility index (Phi) is 3.90. The minimum Gasteiger partial charge on any atom is -0.396 e. The van der Waals surface area contributed by atoms with Crippen molar-refractivity contribution in [2.24, 2.45) is 13.0 Å². The summed E-state index contributed by atoms with van der Waals surface area (Å²) < 4.78 is 1.92. The molecule has 0 radical (unpaired) electrons. The van der Waals surface area contributed by atoms with Crippen LogP contribution in [0.5, 0.6) is 0 Å². The molecular weight excluding hydrogens is 204 g/mol. The summed E-state index contributed by atoms with van der Waals surface area (Å²) >= 11 is 0. The molecule has 1 saturated carbocycles. The highest BCUT2D eigenvalue weighted by Crippen LogP contribution is 2.24. The van der Waals surface area contributed by atoms with Gasteiger partial charge in [0.1, 0.15) is 12.2 Å². The van der Waals surface area contributed by atoms with Crippen molar-refractivity contribution in [1.29, 1.82) is 0 Å². The number of aliphatic hydroxyl groups is 1. The highest BCUT2D eigenvalue weighted by Gasteiger charge is 2.24. The number of hydrogen-bond donors (Lipinski definition) is 2. The Hall–Kier alpha value is -0.940. The molecule has 0 aliphatic heterocycles. The van der Waals surface area contributed by atoms with Crippen LogP contribution < -0.4 is 5.32 Å². The number of aromatic nitrogens is 3. The van der Waals surface area contributed by atoms with Gasteiger partial charge in [0.25, 0.3) is 0 Å². The number of aryl methyl sites for hydroxylation is 1. The van der Waals surface area contributed by atoms with Gasteiger partial charge in [0.2, 0.25) is 0 Å². The first kappa shape index (κ1) is 11.5. The molecule has 0 amide bonds. The lowest BCUT2D eigenvalue weighted by Gasteiger charge is -2.30. The smallest absolute Gasteiger partial charge is 0.146 e. The molecule has 1 aromatic heterocycles. The van der Waals surface area contributed by atoms with Crippen molar-refractivity contribution in [3.05, 3.63) is 12.2 Å². The first-order valence-corrected chi connectivity index (χ1v) is 5.98. The van der Waals surface area contributed by atoms with Gasteiger partial charge in [0, 0.05) is 19.7 Å². The summed E-state index contributed by atoms with van der Waals surface area (Å²) in [5.74, 6) is 1.35. The van der Waals surface area contributed by atoms with E-state index in [0.717, 1.165) is 25.2 Å². The van der Waals surface area contributed by atoms with Gasteiger partial charge in [-0.3, -0.25) is 0 Å². The number of aliphatic hydroxyl groups excluding tert-OH is 1. The van der Waals surface area contributed by atoms with Crippen LogP contribution in [0.25, 0.3) is 0 Å². The van der Waals surface area contributed by atoms with E-state index in [0.29, 0.717) is 12.0 Å². The highest BCUT2D eigenvalue weighted by molar-refractivity contribution is 4.87. The van der Waals surface area contributed by atoms with Crippen LogP contribution in [0.3, 0.4) is 0 Å². The molecule has 0 bridgehead atoms. The minimum absolute atomic E-state index is 0.288. The standard InChI is InChI=1S/C11H20N4O/c1-15-8-13-14-11(15)6-12-10-5-3-2-4-9(10)7-16/h8-10,12,16H,2-7H2,1H3. The predicted octanol–water partition coefficient (Wildman–Crippen LogP) is 0.456. The van der Waals surface area contributed by atoms with Crippen molar-refractivity contribution in [3.8, 4) is 0 Å². The van der Waals surface area contributed by atoms with Crippen LogP contribution in [0.1, 0.15) is 31.5 Å². The van der Waals surface area contributed by atoms with E-state index in [-0.39, 0.29) is 6.61 Å². The Morgan fingerprint density at radius 3 is 3.00 bits per heavy atom. The molecule has 1 fully saturated rings. The predicted molar refractivity (Wildman–Crippen MR) is 60.7 cm³/mol. The summed E-state index contributed by atoms with van der Waals surface area (Å²) in [5.41, 5.74) is 0. The molecular formula is C11H20N4O. The van der Waals surface area contributed by atoms with E-state index in [1.54, 1.807) is 6.33 Å². The monoisotopic (exact) mass is 224 g/mol. The molecule has 5 nitrogen and oxygen atoms in total. The van der Waals surface area contributed by atoms with E-state index < -0.39 is 0 Å². The van der Waals surface area contributed by atoms with Gasteiger partial charge in [-0.15, -0.1) is 10.2 Å². The van der Waals surface area contributed by atoms with Crippen LogP contribution in [0.15, 0.2) is 6.33 Å². The summed E-state index contributed by atoms with van der Waals surface area (Å²) in [6, 6.07) is 0.426. The Bertz CT molecular complexity index is 326. The summed E-state index contributed by atoms with van der Waals surface area (Å²) in [6.07, 6.45) is 6.50. The van der Waals surface area contributed by atoms with Crippen molar-refractivity contribution in [1.82, 2.24) is 20.1 Å². The van der Waals surface area contributed by atoms with Gasteiger partial charge >= 0.3 is 0 Å². The van der Waals surface area contributed by atoms with Gasteiger partial charge in [-0.1, -0.05) is 12.8 Å². The summed E-state index contributed by atoms with van der Waals surface area (Å²) in [4.78, 5) is 0. The number of nitrogens with zero attached hydrogens (tertiary/aromatic N) is 3. The van der Waals surface area contributed by atoms with Gasteiger partial charge in [-0.25, -0.2) is 0 Å². The van der Waals surface area contributed by atoms with Gasteiger partial charge in [0.15, 0.2) is 0 Å². The van der Waals surface area contributed by atoms with Crippen molar-refractivity contribution in [2.75, 3.05) is 6.61 Å². The SMILES string of the molecule is Cn1cnnc1CNC1CCCCC1CO. The second-order valence-corrected chi connectivity index (χ2v) is 4.57. The van der Waals surface area contributed by atoms with Gasteiger partial charge < -0.3 is 15.0 Å². The maximum atomic E-state index is 9.30. The van der Waals surface area contributed by atoms with Gasteiger partial charge in [-0.2, -0.15) is 0 Å². The third-order valence-electron chi connectivity index (χ3n) is 3.47. The maximum absolute atomic E-state index is 9.30. The molecule has 1 heterocycles. The zero-order valence-electron chi connectivity index (χ0n) is 9.76. The molecule has 2 rings (SSSR count). The molecule has 0 saturated heterocycles. The van der Waals surface area contributed by atoms with E-state index in [1.807, 2.05) is 11.6 Å². The second-order valence-electron chi connectivity index (χ2n) is 4.57. The highest BCUT2D eigenvalue weighted by atomic mass is 16.3. The molecule has 0 aromatic carbocycles. The number of hydrogen-bond acceptors (Lipinski definition) is 4. The van der Waals surface area contributed by atoms with Crippen LogP contribution in [-0.4, -0.2) is 32.5 Å². The molecule has 1 aliphatic carbocycles. The Morgan fingerprint density at radius 1 is 1.50 bits per heavy atom. The normalized spacial score (nSPS) is 25.9. The van der Waals surface area contributed by atoms with Crippen LogP contribution in [-0.2, 0) is 13.6 Å². The Balaban J connectivity index is 1.86. The molecule has 1 aromatic rings. The van der Waals surface area contributed by atoms with Crippen LogP contribution >= 0.6 is 0 Å². The van der Waals surface area contributed by atoms with E-state index in [4.69, 9.17) is 0 Å².